The third kappa shape index (κ3) is 5.62. The summed E-state index contributed by atoms with van der Waals surface area (Å²) in [6, 6.07) is 0.341. The maximum Gasteiger partial charge on any atom is 0.223 e. The summed E-state index contributed by atoms with van der Waals surface area (Å²) in [7, 11) is 0. The molecule has 3 fully saturated rings. The lowest BCUT2D eigenvalue weighted by Gasteiger charge is -2.33. The molecule has 0 spiro atoms. The lowest BCUT2D eigenvalue weighted by molar-refractivity contribution is -0.132. The molecule has 0 aromatic carbocycles. The Labute approximate surface area is 144 Å². The molecule has 2 heterocycles. The van der Waals surface area contributed by atoms with E-state index in [0.717, 1.165) is 71.5 Å². The summed E-state index contributed by atoms with van der Waals surface area (Å²) < 4.78 is 0. The number of carbonyl (C=O) groups is 2. The average Bonchev–Trinajstić information content (AvgIpc) is 3.40. The molecule has 3 rings (SSSR count). The van der Waals surface area contributed by atoms with Gasteiger partial charge < -0.3 is 20.4 Å². The van der Waals surface area contributed by atoms with E-state index in [1.807, 2.05) is 4.90 Å². The van der Waals surface area contributed by atoms with E-state index in [2.05, 4.69) is 15.5 Å². The lowest BCUT2D eigenvalue weighted by atomic mass is 10.0. The van der Waals surface area contributed by atoms with E-state index in [0.29, 0.717) is 18.4 Å². The fourth-order valence-corrected chi connectivity index (χ4v) is 3.29. The molecule has 3 aliphatic rings. The van der Waals surface area contributed by atoms with Gasteiger partial charge in [-0.25, -0.2) is 0 Å². The largest absolute Gasteiger partial charge is 0.353 e. The van der Waals surface area contributed by atoms with Gasteiger partial charge in [-0.05, 0) is 25.7 Å². The van der Waals surface area contributed by atoms with E-state index in [4.69, 9.17) is 0 Å². The summed E-state index contributed by atoms with van der Waals surface area (Å²) in [5, 5.41) is 6.44. The Morgan fingerprint density at radius 1 is 1.00 bits per heavy atom. The molecule has 2 saturated heterocycles. The molecular weight excluding hydrogens is 316 g/mol. The molecule has 2 aliphatic heterocycles. The maximum absolute atomic E-state index is 12.1. The predicted molar refractivity (Wildman–Crippen MR) is 91.6 cm³/mol. The number of likely N-dealkylation sites (tertiary alicyclic amines) is 1. The first-order valence-corrected chi connectivity index (χ1v) is 8.73. The van der Waals surface area contributed by atoms with Crippen LogP contribution in [0.5, 0.6) is 0 Å². The maximum atomic E-state index is 12.1. The number of hydrogen-bond acceptors (Lipinski definition) is 4. The second-order valence-electron chi connectivity index (χ2n) is 6.78. The Morgan fingerprint density at radius 2 is 1.65 bits per heavy atom. The number of carbonyl (C=O) groups excluding carboxylic acids is 2. The van der Waals surface area contributed by atoms with Gasteiger partial charge in [-0.3, -0.25) is 9.59 Å². The monoisotopic (exact) mass is 344 g/mol. The minimum absolute atomic E-state index is 0. The lowest BCUT2D eigenvalue weighted by Crippen LogP contribution is -2.48. The number of rotatable bonds is 5. The van der Waals surface area contributed by atoms with E-state index < -0.39 is 0 Å². The van der Waals surface area contributed by atoms with Crippen LogP contribution in [-0.2, 0) is 9.59 Å². The molecule has 0 atom stereocenters. The number of amides is 2. The van der Waals surface area contributed by atoms with E-state index in [-0.39, 0.29) is 24.2 Å². The third-order valence-electron chi connectivity index (χ3n) is 4.99. The highest BCUT2D eigenvalue weighted by atomic mass is 35.5. The quantitative estimate of drug-likeness (QED) is 0.749. The van der Waals surface area contributed by atoms with Crippen LogP contribution in [0.3, 0.4) is 0 Å². The summed E-state index contributed by atoms with van der Waals surface area (Å²) in [4.78, 5) is 28.2. The highest BCUT2D eigenvalue weighted by molar-refractivity contribution is 5.85. The first-order valence-electron chi connectivity index (χ1n) is 8.73. The number of piperazine rings is 1. The number of piperidine rings is 1. The highest BCUT2D eigenvalue weighted by Crippen LogP contribution is 2.29. The second-order valence-corrected chi connectivity index (χ2v) is 6.78. The Balaban J connectivity index is 0.00000192. The molecule has 2 amide bonds. The van der Waals surface area contributed by atoms with Crippen LogP contribution in [0.15, 0.2) is 0 Å². The first kappa shape index (κ1) is 18.5. The molecule has 132 valence electrons. The third-order valence-corrected chi connectivity index (χ3v) is 4.99. The molecule has 2 N–H and O–H groups in total. The van der Waals surface area contributed by atoms with Crippen molar-refractivity contribution in [2.45, 2.75) is 38.1 Å². The fraction of sp³-hybridized carbons (Fsp3) is 0.875. The fourth-order valence-electron chi connectivity index (χ4n) is 3.29. The van der Waals surface area contributed by atoms with E-state index >= 15 is 0 Å². The Kier molecular flexibility index (Phi) is 7.11. The van der Waals surface area contributed by atoms with Crippen LogP contribution in [0.2, 0.25) is 0 Å². The summed E-state index contributed by atoms with van der Waals surface area (Å²) in [5.74, 6) is 0.840. The van der Waals surface area contributed by atoms with Gasteiger partial charge in [-0.15, -0.1) is 12.4 Å². The number of nitrogens with zero attached hydrogens (tertiary/aromatic N) is 2. The topological polar surface area (TPSA) is 64.7 Å². The number of nitrogens with one attached hydrogen (secondary N) is 2. The van der Waals surface area contributed by atoms with Crippen LogP contribution in [0.4, 0.5) is 0 Å². The number of hydrogen-bond donors (Lipinski definition) is 2. The van der Waals surface area contributed by atoms with Gasteiger partial charge in [0.05, 0.1) is 0 Å². The predicted octanol–water partition coefficient (Wildman–Crippen LogP) is 0.221. The van der Waals surface area contributed by atoms with Crippen LogP contribution in [0, 0.1) is 5.92 Å². The van der Waals surface area contributed by atoms with Crippen molar-refractivity contribution in [3.63, 3.8) is 0 Å². The standard InChI is InChI=1S/C16H28N4O2.ClH/c21-15(20-11-6-17-7-12-20)5-10-19-8-3-14(4-9-19)18-16(22)13-1-2-13;/h13-14,17H,1-12H2,(H,18,22);1H. The molecule has 0 aromatic heterocycles. The molecule has 6 nitrogen and oxygen atoms in total. The zero-order valence-corrected chi connectivity index (χ0v) is 14.6. The van der Waals surface area contributed by atoms with E-state index in [1.54, 1.807) is 0 Å². The molecule has 0 radical (unpaired) electrons. The van der Waals surface area contributed by atoms with Gasteiger partial charge in [0.15, 0.2) is 0 Å². The van der Waals surface area contributed by atoms with Crippen LogP contribution >= 0.6 is 12.4 Å². The highest BCUT2D eigenvalue weighted by Gasteiger charge is 2.31. The molecular formula is C16H29ClN4O2. The van der Waals surface area contributed by atoms with Gasteiger partial charge in [0.2, 0.25) is 11.8 Å². The van der Waals surface area contributed by atoms with Gasteiger partial charge in [0, 0.05) is 64.2 Å². The first-order chi connectivity index (χ1) is 10.7. The molecule has 1 saturated carbocycles. The van der Waals surface area contributed by atoms with Crippen molar-refractivity contribution in [3.05, 3.63) is 0 Å². The summed E-state index contributed by atoms with van der Waals surface area (Å²) >= 11 is 0. The van der Waals surface area contributed by atoms with Crippen LogP contribution < -0.4 is 10.6 Å². The van der Waals surface area contributed by atoms with Gasteiger partial charge >= 0.3 is 0 Å². The minimum atomic E-state index is 0. The van der Waals surface area contributed by atoms with Gasteiger partial charge in [-0.1, -0.05) is 0 Å². The zero-order chi connectivity index (χ0) is 15.4. The SMILES string of the molecule is Cl.O=C(NC1CCN(CCC(=O)N2CCNCC2)CC1)C1CC1. The number of halogens is 1. The van der Waals surface area contributed by atoms with Gasteiger partial charge in [0.25, 0.3) is 0 Å². The molecule has 0 unspecified atom stereocenters. The van der Waals surface area contributed by atoms with Gasteiger partial charge in [0.1, 0.15) is 0 Å². The van der Waals surface area contributed by atoms with Crippen molar-refractivity contribution in [1.82, 2.24) is 20.4 Å². The molecule has 0 bridgehead atoms. The molecule has 1 aliphatic carbocycles. The van der Waals surface area contributed by atoms with Crippen molar-refractivity contribution in [2.24, 2.45) is 5.92 Å². The summed E-state index contributed by atoms with van der Waals surface area (Å²) in [5.41, 5.74) is 0. The Morgan fingerprint density at radius 3 is 2.26 bits per heavy atom. The second kappa shape index (κ2) is 8.85. The van der Waals surface area contributed by atoms with Crippen LogP contribution in [-0.4, -0.2) is 73.5 Å². The van der Waals surface area contributed by atoms with Gasteiger partial charge in [-0.2, -0.15) is 0 Å². The van der Waals surface area contributed by atoms with Crippen molar-refractivity contribution in [2.75, 3.05) is 45.8 Å². The molecule has 0 aromatic rings. The smallest absolute Gasteiger partial charge is 0.223 e. The Hall–Kier alpha value is -0.850. The zero-order valence-electron chi connectivity index (χ0n) is 13.8. The van der Waals surface area contributed by atoms with Crippen molar-refractivity contribution >= 4 is 24.2 Å². The van der Waals surface area contributed by atoms with Crippen LogP contribution in [0.1, 0.15) is 32.1 Å². The Bertz CT molecular complexity index is 403. The van der Waals surface area contributed by atoms with Crippen molar-refractivity contribution < 1.29 is 9.59 Å². The molecule has 23 heavy (non-hydrogen) atoms. The average molecular weight is 345 g/mol. The summed E-state index contributed by atoms with van der Waals surface area (Å²) in [6.07, 6.45) is 4.79. The molecule has 7 heteroatoms. The normalized spacial score (nSPS) is 23.2. The van der Waals surface area contributed by atoms with Crippen molar-refractivity contribution in [1.29, 1.82) is 0 Å². The van der Waals surface area contributed by atoms with E-state index in [9.17, 15) is 9.59 Å². The minimum Gasteiger partial charge on any atom is -0.353 e. The van der Waals surface area contributed by atoms with Crippen LogP contribution in [0.25, 0.3) is 0 Å². The van der Waals surface area contributed by atoms with Crippen molar-refractivity contribution in [3.8, 4) is 0 Å². The van der Waals surface area contributed by atoms with E-state index in [1.165, 1.54) is 0 Å². The summed E-state index contributed by atoms with van der Waals surface area (Å²) in [6.45, 7) is 6.35.